The van der Waals surface area contributed by atoms with Crippen molar-refractivity contribution in [3.8, 4) is 22.8 Å². The molecule has 0 saturated heterocycles. The molecule has 0 spiro atoms. The molecule has 0 aliphatic rings. The van der Waals surface area contributed by atoms with Crippen molar-refractivity contribution >= 4 is 0 Å². The van der Waals surface area contributed by atoms with Crippen molar-refractivity contribution in [2.75, 3.05) is 0 Å². The molecule has 2 heterocycles. The van der Waals surface area contributed by atoms with Crippen LogP contribution in [0.2, 0.25) is 0 Å². The van der Waals surface area contributed by atoms with Gasteiger partial charge in [0.15, 0.2) is 0 Å². The van der Waals surface area contributed by atoms with Crippen LogP contribution in [-0.2, 0) is 0 Å². The van der Waals surface area contributed by atoms with Crippen LogP contribution in [0.4, 0.5) is 0 Å². The Bertz CT molecular complexity index is 626. The summed E-state index contributed by atoms with van der Waals surface area (Å²) in [4.78, 5) is 12.6. The van der Waals surface area contributed by atoms with Crippen molar-refractivity contribution in [1.29, 1.82) is 0 Å². The molecule has 0 radical (unpaired) electrons. The number of aromatic nitrogens is 4. The van der Waals surface area contributed by atoms with Gasteiger partial charge in [0, 0.05) is 18.0 Å². The van der Waals surface area contributed by atoms with E-state index in [1.54, 1.807) is 12.4 Å². The van der Waals surface area contributed by atoms with Gasteiger partial charge in [-0.05, 0) is 13.8 Å². The molecule has 0 saturated carbocycles. The molecule has 2 aromatic heterocycles. The van der Waals surface area contributed by atoms with E-state index in [2.05, 4.69) is 20.1 Å². The summed E-state index contributed by atoms with van der Waals surface area (Å²) in [6, 6.07) is 7.96. The standard InChI is InChI=1S/C14H12N4O/c1-9-3-5-11(6-4-9)13-17-14(19-18-13)12-7-15-10(2)16-8-12/h3-8H,1-2H3. The van der Waals surface area contributed by atoms with Gasteiger partial charge in [0.25, 0.3) is 5.89 Å². The van der Waals surface area contributed by atoms with Crippen LogP contribution in [0, 0.1) is 13.8 Å². The third kappa shape index (κ3) is 2.35. The fraction of sp³-hybridized carbons (Fsp3) is 0.143. The molecule has 0 aliphatic heterocycles. The van der Waals surface area contributed by atoms with Gasteiger partial charge in [-0.15, -0.1) is 0 Å². The van der Waals surface area contributed by atoms with E-state index in [0.29, 0.717) is 17.5 Å². The van der Waals surface area contributed by atoms with Crippen molar-refractivity contribution in [3.63, 3.8) is 0 Å². The molecule has 1 aromatic carbocycles. The Balaban J connectivity index is 1.95. The fourth-order valence-corrected chi connectivity index (χ4v) is 1.66. The zero-order valence-corrected chi connectivity index (χ0v) is 10.7. The second kappa shape index (κ2) is 4.61. The van der Waals surface area contributed by atoms with Gasteiger partial charge in [0.2, 0.25) is 5.82 Å². The molecule has 19 heavy (non-hydrogen) atoms. The van der Waals surface area contributed by atoms with Gasteiger partial charge in [-0.3, -0.25) is 0 Å². The number of rotatable bonds is 2. The van der Waals surface area contributed by atoms with E-state index in [4.69, 9.17) is 4.52 Å². The van der Waals surface area contributed by atoms with E-state index >= 15 is 0 Å². The summed E-state index contributed by atoms with van der Waals surface area (Å²) in [6.07, 6.45) is 3.35. The SMILES string of the molecule is Cc1ccc(-c2noc(-c3cnc(C)nc3)n2)cc1. The van der Waals surface area contributed by atoms with Gasteiger partial charge >= 0.3 is 0 Å². The molecule has 0 unspecified atom stereocenters. The molecule has 3 rings (SSSR count). The van der Waals surface area contributed by atoms with E-state index in [-0.39, 0.29) is 0 Å². The molecule has 5 nitrogen and oxygen atoms in total. The Morgan fingerprint density at radius 2 is 1.58 bits per heavy atom. The molecule has 0 atom stereocenters. The van der Waals surface area contributed by atoms with Gasteiger partial charge in [0.1, 0.15) is 5.82 Å². The Morgan fingerprint density at radius 1 is 0.895 bits per heavy atom. The molecule has 0 aliphatic carbocycles. The lowest BCUT2D eigenvalue weighted by molar-refractivity contribution is 0.432. The first kappa shape index (κ1) is 11.5. The lowest BCUT2D eigenvalue weighted by Crippen LogP contribution is -1.87. The Morgan fingerprint density at radius 3 is 2.26 bits per heavy atom. The Hall–Kier alpha value is -2.56. The molecule has 0 amide bonds. The molecule has 0 fully saturated rings. The van der Waals surface area contributed by atoms with Gasteiger partial charge in [0.05, 0.1) is 5.56 Å². The third-order valence-corrected chi connectivity index (χ3v) is 2.76. The molecular weight excluding hydrogens is 240 g/mol. The van der Waals surface area contributed by atoms with Crippen LogP contribution in [0.3, 0.4) is 0 Å². The average molecular weight is 252 g/mol. The van der Waals surface area contributed by atoms with Crippen molar-refractivity contribution in [1.82, 2.24) is 20.1 Å². The monoisotopic (exact) mass is 252 g/mol. The van der Waals surface area contributed by atoms with E-state index in [9.17, 15) is 0 Å². The first-order valence-electron chi connectivity index (χ1n) is 5.92. The normalized spacial score (nSPS) is 10.6. The zero-order valence-electron chi connectivity index (χ0n) is 10.7. The minimum absolute atomic E-state index is 0.426. The third-order valence-electron chi connectivity index (χ3n) is 2.76. The maximum absolute atomic E-state index is 5.23. The van der Waals surface area contributed by atoms with E-state index in [1.165, 1.54) is 5.56 Å². The highest BCUT2D eigenvalue weighted by Crippen LogP contribution is 2.21. The second-order valence-electron chi connectivity index (χ2n) is 4.31. The Labute approximate surface area is 110 Å². The highest BCUT2D eigenvalue weighted by atomic mass is 16.5. The van der Waals surface area contributed by atoms with Gasteiger partial charge < -0.3 is 4.52 Å². The van der Waals surface area contributed by atoms with Crippen LogP contribution in [0.5, 0.6) is 0 Å². The van der Waals surface area contributed by atoms with Gasteiger partial charge in [-0.1, -0.05) is 35.0 Å². The van der Waals surface area contributed by atoms with Crippen molar-refractivity contribution in [3.05, 3.63) is 48.0 Å². The summed E-state index contributed by atoms with van der Waals surface area (Å²) in [5, 5.41) is 3.97. The van der Waals surface area contributed by atoms with Crippen molar-refractivity contribution in [2.45, 2.75) is 13.8 Å². The maximum Gasteiger partial charge on any atom is 0.261 e. The van der Waals surface area contributed by atoms with Crippen LogP contribution in [0.15, 0.2) is 41.2 Å². The van der Waals surface area contributed by atoms with Gasteiger partial charge in [-0.25, -0.2) is 9.97 Å². The second-order valence-corrected chi connectivity index (χ2v) is 4.31. The summed E-state index contributed by atoms with van der Waals surface area (Å²) in [5.74, 6) is 1.70. The summed E-state index contributed by atoms with van der Waals surface area (Å²) in [6.45, 7) is 3.87. The molecule has 3 aromatic rings. The minimum Gasteiger partial charge on any atom is -0.333 e. The molecule has 0 bridgehead atoms. The molecule has 0 N–H and O–H groups in total. The summed E-state index contributed by atoms with van der Waals surface area (Å²) >= 11 is 0. The number of nitrogens with zero attached hydrogens (tertiary/aromatic N) is 4. The summed E-state index contributed by atoms with van der Waals surface area (Å²) in [5.41, 5.74) is 2.84. The first-order chi connectivity index (χ1) is 9.22. The number of benzene rings is 1. The molecular formula is C14H12N4O. The Kier molecular flexibility index (Phi) is 2.79. The lowest BCUT2D eigenvalue weighted by atomic mass is 10.1. The predicted octanol–water partition coefficient (Wildman–Crippen LogP) is 2.81. The van der Waals surface area contributed by atoms with Crippen molar-refractivity contribution in [2.24, 2.45) is 0 Å². The number of aryl methyl sites for hydroxylation is 2. The summed E-state index contributed by atoms with van der Waals surface area (Å²) in [7, 11) is 0. The van der Waals surface area contributed by atoms with Crippen LogP contribution in [-0.4, -0.2) is 20.1 Å². The van der Waals surface area contributed by atoms with Crippen LogP contribution in [0.1, 0.15) is 11.4 Å². The molecule has 94 valence electrons. The zero-order chi connectivity index (χ0) is 13.2. The van der Waals surface area contributed by atoms with Crippen LogP contribution >= 0.6 is 0 Å². The predicted molar refractivity (Wildman–Crippen MR) is 70.2 cm³/mol. The van der Waals surface area contributed by atoms with E-state index in [1.807, 2.05) is 38.1 Å². The highest BCUT2D eigenvalue weighted by Gasteiger charge is 2.10. The minimum atomic E-state index is 0.426. The van der Waals surface area contributed by atoms with Gasteiger partial charge in [-0.2, -0.15) is 4.98 Å². The van der Waals surface area contributed by atoms with Crippen LogP contribution < -0.4 is 0 Å². The smallest absolute Gasteiger partial charge is 0.261 e. The van der Waals surface area contributed by atoms with Crippen molar-refractivity contribution < 1.29 is 4.52 Å². The fourth-order valence-electron chi connectivity index (χ4n) is 1.66. The highest BCUT2D eigenvalue weighted by molar-refractivity contribution is 5.58. The topological polar surface area (TPSA) is 64.7 Å². The summed E-state index contributed by atoms with van der Waals surface area (Å²) < 4.78 is 5.23. The largest absolute Gasteiger partial charge is 0.333 e. The number of hydrogen-bond donors (Lipinski definition) is 0. The molecule has 5 heteroatoms. The first-order valence-corrected chi connectivity index (χ1v) is 5.92. The average Bonchev–Trinajstić information content (AvgIpc) is 2.90. The maximum atomic E-state index is 5.23. The van der Waals surface area contributed by atoms with E-state index in [0.717, 1.165) is 11.1 Å². The number of hydrogen-bond acceptors (Lipinski definition) is 5. The quantitative estimate of drug-likeness (QED) is 0.701. The lowest BCUT2D eigenvalue weighted by Gasteiger charge is -1.95. The van der Waals surface area contributed by atoms with E-state index < -0.39 is 0 Å². The van der Waals surface area contributed by atoms with Crippen LogP contribution in [0.25, 0.3) is 22.8 Å².